The van der Waals surface area contributed by atoms with Crippen molar-refractivity contribution in [1.82, 2.24) is 10.2 Å². The molecule has 1 aliphatic carbocycles. The van der Waals surface area contributed by atoms with Gasteiger partial charge in [-0.15, -0.1) is 0 Å². The first kappa shape index (κ1) is 28.6. The summed E-state index contributed by atoms with van der Waals surface area (Å²) >= 11 is 12.9. The molecule has 2 saturated heterocycles. The van der Waals surface area contributed by atoms with Gasteiger partial charge < -0.3 is 15.7 Å². The molecule has 0 unspecified atom stereocenters. The van der Waals surface area contributed by atoms with E-state index in [1.54, 1.807) is 30.3 Å². The molecule has 2 amide bonds. The first-order valence-corrected chi connectivity index (χ1v) is 14.8. The minimum atomic E-state index is -1.05. The van der Waals surface area contributed by atoms with Crippen LogP contribution in [0, 0.1) is 17.7 Å². The highest BCUT2D eigenvalue weighted by Gasteiger charge is 2.62. The van der Waals surface area contributed by atoms with Crippen LogP contribution in [0.25, 0.3) is 11.1 Å². The lowest BCUT2D eigenvalue weighted by Gasteiger charge is -2.43. The number of fused-ring (bicyclic) bond motifs is 1. The number of rotatable bonds is 8. The SMILES string of the molecule is C[C@@]1(c2ccc(Cl)cc2NC=O)[C@@H](c2cc(-c3ccc(C(=O)O)cc3)cc(Cl)c2F)[C@@H]2C(=O)NCC[C@@H]2N1CC1CC1. The van der Waals surface area contributed by atoms with Gasteiger partial charge in [0.05, 0.1) is 22.0 Å². The second-order valence-corrected chi connectivity index (χ2v) is 12.4. The number of aromatic carboxylic acids is 1. The average Bonchev–Trinajstić information content (AvgIpc) is 3.75. The van der Waals surface area contributed by atoms with Gasteiger partial charge in [-0.1, -0.05) is 41.4 Å². The maximum Gasteiger partial charge on any atom is 0.335 e. The van der Waals surface area contributed by atoms with E-state index >= 15 is 4.39 Å². The van der Waals surface area contributed by atoms with E-state index in [9.17, 15) is 19.5 Å². The molecular formula is C32H30Cl2FN3O4. The summed E-state index contributed by atoms with van der Waals surface area (Å²) in [6.45, 7) is 3.27. The van der Waals surface area contributed by atoms with Crippen LogP contribution < -0.4 is 10.6 Å². The van der Waals surface area contributed by atoms with Crippen molar-refractivity contribution < 1.29 is 23.9 Å². The fourth-order valence-corrected chi connectivity index (χ4v) is 7.48. The number of likely N-dealkylation sites (tertiary alicyclic amines) is 1. The second kappa shape index (κ2) is 11.0. The number of nitrogens with zero attached hydrogens (tertiary/aromatic N) is 1. The van der Waals surface area contributed by atoms with Crippen LogP contribution in [0.1, 0.15) is 53.6 Å². The second-order valence-electron chi connectivity index (χ2n) is 11.6. The Morgan fingerprint density at radius 2 is 1.86 bits per heavy atom. The van der Waals surface area contributed by atoms with Crippen molar-refractivity contribution in [3.8, 4) is 11.1 Å². The molecule has 3 aromatic rings. The lowest BCUT2D eigenvalue weighted by Crippen LogP contribution is -2.50. The van der Waals surface area contributed by atoms with E-state index < -0.39 is 29.2 Å². The maximum absolute atomic E-state index is 16.3. The molecule has 7 nitrogen and oxygen atoms in total. The van der Waals surface area contributed by atoms with E-state index in [1.165, 1.54) is 18.2 Å². The normalized spacial score (nSPS) is 25.5. The third-order valence-corrected chi connectivity index (χ3v) is 9.68. The standard InChI is InChI=1S/C32H30Cl2FN3O4/c1-32(23-9-8-21(33)14-25(23)37-16-39)28(27-26(10-11-36-30(27)40)38(32)15-17-2-3-17)22-12-20(13-24(34)29(22)35)18-4-6-19(7-5-18)31(41)42/h4-9,12-14,16-17,26-28H,2-3,10-11,15H2,1H3,(H,36,40)(H,37,39)(H,41,42)/t26-,27+,28-,32+/m0/s1. The minimum absolute atomic E-state index is 0.0945. The van der Waals surface area contributed by atoms with Crippen LogP contribution in [0.15, 0.2) is 54.6 Å². The highest BCUT2D eigenvalue weighted by Crippen LogP contribution is 2.59. The van der Waals surface area contributed by atoms with Crippen LogP contribution in [0.5, 0.6) is 0 Å². The van der Waals surface area contributed by atoms with Gasteiger partial charge in [0.25, 0.3) is 0 Å². The van der Waals surface area contributed by atoms with Crippen molar-refractivity contribution >= 4 is 47.2 Å². The van der Waals surface area contributed by atoms with Crippen LogP contribution in [0.2, 0.25) is 10.0 Å². The molecular weight excluding hydrogens is 580 g/mol. The zero-order valence-electron chi connectivity index (χ0n) is 22.9. The van der Waals surface area contributed by atoms with Gasteiger partial charge in [0.15, 0.2) is 0 Å². The van der Waals surface area contributed by atoms with Crippen molar-refractivity contribution in [2.75, 3.05) is 18.4 Å². The van der Waals surface area contributed by atoms with Crippen molar-refractivity contribution in [3.63, 3.8) is 0 Å². The summed E-state index contributed by atoms with van der Waals surface area (Å²) in [6.07, 6.45) is 3.46. The van der Waals surface area contributed by atoms with Gasteiger partial charge in [-0.2, -0.15) is 0 Å². The molecule has 4 atom stereocenters. The largest absolute Gasteiger partial charge is 0.478 e. The molecule has 0 spiro atoms. The third kappa shape index (κ3) is 4.85. The molecule has 3 fully saturated rings. The first-order chi connectivity index (χ1) is 20.1. The molecule has 0 bridgehead atoms. The highest BCUT2D eigenvalue weighted by atomic mass is 35.5. The number of carboxylic acid groups (broad SMARTS) is 1. The van der Waals surface area contributed by atoms with Crippen LogP contribution in [-0.4, -0.2) is 47.4 Å². The number of halogens is 3. The zero-order chi connectivity index (χ0) is 29.8. The Morgan fingerprint density at radius 1 is 1.12 bits per heavy atom. The summed E-state index contributed by atoms with van der Waals surface area (Å²) in [5.41, 5.74) is 2.00. The summed E-state index contributed by atoms with van der Waals surface area (Å²) < 4.78 is 16.3. The number of carbonyl (C=O) groups excluding carboxylic acids is 2. The lowest BCUT2D eigenvalue weighted by atomic mass is 9.70. The van der Waals surface area contributed by atoms with Crippen molar-refractivity contribution in [2.45, 2.75) is 43.7 Å². The number of carboxylic acids is 1. The maximum atomic E-state index is 16.3. The van der Waals surface area contributed by atoms with E-state index in [0.717, 1.165) is 24.9 Å². The molecule has 1 saturated carbocycles. The topological polar surface area (TPSA) is 98.7 Å². The molecule has 42 heavy (non-hydrogen) atoms. The van der Waals surface area contributed by atoms with E-state index in [2.05, 4.69) is 15.5 Å². The number of piperidine rings is 1. The van der Waals surface area contributed by atoms with Gasteiger partial charge in [0.2, 0.25) is 12.3 Å². The lowest BCUT2D eigenvalue weighted by molar-refractivity contribution is -0.128. The molecule has 6 rings (SSSR count). The van der Waals surface area contributed by atoms with Gasteiger partial charge in [0, 0.05) is 35.8 Å². The first-order valence-electron chi connectivity index (χ1n) is 14.0. The smallest absolute Gasteiger partial charge is 0.335 e. The fourth-order valence-electron chi connectivity index (χ4n) is 7.08. The summed E-state index contributed by atoms with van der Waals surface area (Å²) in [6, 6.07) is 14.6. The Labute approximate surface area is 253 Å². The Balaban J connectivity index is 1.59. The van der Waals surface area contributed by atoms with E-state index in [1.807, 2.05) is 13.0 Å². The van der Waals surface area contributed by atoms with Crippen molar-refractivity contribution in [3.05, 3.63) is 87.2 Å². The number of amides is 2. The summed E-state index contributed by atoms with van der Waals surface area (Å²) in [4.78, 5) is 39.2. The van der Waals surface area contributed by atoms with Crippen LogP contribution in [-0.2, 0) is 15.1 Å². The molecule has 0 radical (unpaired) electrons. The van der Waals surface area contributed by atoms with Gasteiger partial charge in [0.1, 0.15) is 5.82 Å². The molecule has 2 heterocycles. The predicted octanol–water partition coefficient (Wildman–Crippen LogP) is 6.30. The van der Waals surface area contributed by atoms with E-state index in [4.69, 9.17) is 23.2 Å². The van der Waals surface area contributed by atoms with Gasteiger partial charge in [-0.3, -0.25) is 14.5 Å². The molecule has 2 aliphatic heterocycles. The molecule has 0 aromatic heterocycles. The quantitative estimate of drug-likeness (QED) is 0.260. The number of benzene rings is 3. The van der Waals surface area contributed by atoms with Gasteiger partial charge >= 0.3 is 5.97 Å². The van der Waals surface area contributed by atoms with Crippen LogP contribution in [0.3, 0.4) is 0 Å². The van der Waals surface area contributed by atoms with Gasteiger partial charge in [-0.25, -0.2) is 9.18 Å². The Hall–Kier alpha value is -3.46. The van der Waals surface area contributed by atoms with Crippen LogP contribution in [0.4, 0.5) is 10.1 Å². The molecule has 218 valence electrons. The summed E-state index contributed by atoms with van der Waals surface area (Å²) in [7, 11) is 0. The number of carbonyl (C=O) groups is 3. The predicted molar refractivity (Wildman–Crippen MR) is 159 cm³/mol. The molecule has 3 aliphatic rings. The summed E-state index contributed by atoms with van der Waals surface area (Å²) in [5, 5.41) is 15.5. The number of hydrogen-bond acceptors (Lipinski definition) is 4. The minimum Gasteiger partial charge on any atom is -0.478 e. The van der Waals surface area contributed by atoms with Crippen molar-refractivity contribution in [2.24, 2.45) is 11.8 Å². The molecule has 3 N–H and O–H groups in total. The molecule has 10 heteroatoms. The third-order valence-electron chi connectivity index (χ3n) is 9.17. The van der Waals surface area contributed by atoms with Gasteiger partial charge in [-0.05, 0) is 90.8 Å². The number of anilines is 1. The number of nitrogens with one attached hydrogen (secondary N) is 2. The Kier molecular flexibility index (Phi) is 7.50. The monoisotopic (exact) mass is 609 g/mol. The Morgan fingerprint density at radius 3 is 2.52 bits per heavy atom. The van der Waals surface area contributed by atoms with Crippen molar-refractivity contribution in [1.29, 1.82) is 0 Å². The highest BCUT2D eigenvalue weighted by molar-refractivity contribution is 6.31. The zero-order valence-corrected chi connectivity index (χ0v) is 24.4. The van der Waals surface area contributed by atoms with E-state index in [-0.39, 0.29) is 22.5 Å². The van der Waals surface area contributed by atoms with Crippen LogP contribution >= 0.6 is 23.2 Å². The fraction of sp³-hybridized carbons (Fsp3) is 0.344. The number of hydrogen-bond donors (Lipinski definition) is 3. The van der Waals surface area contributed by atoms with E-state index in [0.29, 0.717) is 52.7 Å². The molecule has 3 aromatic carbocycles. The summed E-state index contributed by atoms with van der Waals surface area (Å²) in [5.74, 6) is -2.59. The Bertz CT molecular complexity index is 1580. The average molecular weight is 611 g/mol.